The van der Waals surface area contributed by atoms with E-state index in [4.69, 9.17) is 14.2 Å². The van der Waals surface area contributed by atoms with Crippen molar-refractivity contribution in [3.63, 3.8) is 0 Å². The van der Waals surface area contributed by atoms with Gasteiger partial charge in [-0.3, -0.25) is 9.69 Å². The SMILES string of the molecule is COc1cccc(N2CCN(CC(=O)Nc3ccc4c(c3)OC3(CCCC3)O4)CC2)c1. The number of methoxy groups -OCH3 is 1. The number of piperazine rings is 1. The smallest absolute Gasteiger partial charge is 0.251 e. The van der Waals surface area contributed by atoms with Crippen molar-refractivity contribution in [2.45, 2.75) is 31.5 Å². The first-order chi connectivity index (χ1) is 15.1. The number of ether oxygens (including phenoxy) is 3. The quantitative estimate of drug-likeness (QED) is 0.794. The van der Waals surface area contributed by atoms with Crippen molar-refractivity contribution in [2.24, 2.45) is 0 Å². The first-order valence-corrected chi connectivity index (χ1v) is 11.1. The zero-order valence-electron chi connectivity index (χ0n) is 17.9. The lowest BCUT2D eigenvalue weighted by molar-refractivity contribution is -0.117. The average molecular weight is 424 g/mol. The molecule has 2 aliphatic heterocycles. The Morgan fingerprint density at radius 2 is 1.81 bits per heavy atom. The lowest BCUT2D eigenvalue weighted by Gasteiger charge is -2.35. The molecule has 164 valence electrons. The van der Waals surface area contributed by atoms with Crippen LogP contribution in [0, 0.1) is 0 Å². The van der Waals surface area contributed by atoms with E-state index >= 15 is 0 Å². The molecule has 1 amide bonds. The highest BCUT2D eigenvalue weighted by Crippen LogP contribution is 2.47. The van der Waals surface area contributed by atoms with E-state index < -0.39 is 5.79 Å². The van der Waals surface area contributed by atoms with Gasteiger partial charge in [-0.15, -0.1) is 0 Å². The molecular formula is C24H29N3O4. The first-order valence-electron chi connectivity index (χ1n) is 11.1. The van der Waals surface area contributed by atoms with Gasteiger partial charge in [0.05, 0.1) is 13.7 Å². The van der Waals surface area contributed by atoms with Crippen LogP contribution in [0.3, 0.4) is 0 Å². The number of hydrogen-bond donors (Lipinski definition) is 1. The minimum atomic E-state index is -0.479. The zero-order chi connectivity index (χ0) is 21.3. The number of anilines is 2. The van der Waals surface area contributed by atoms with Crippen LogP contribution < -0.4 is 24.4 Å². The molecule has 0 atom stereocenters. The molecular weight excluding hydrogens is 394 g/mol. The molecule has 3 aliphatic rings. The maximum atomic E-state index is 12.6. The number of amides is 1. The van der Waals surface area contributed by atoms with E-state index in [1.165, 1.54) is 0 Å². The Morgan fingerprint density at radius 1 is 1.03 bits per heavy atom. The van der Waals surface area contributed by atoms with Gasteiger partial charge in [-0.1, -0.05) is 6.07 Å². The van der Waals surface area contributed by atoms with Crippen LogP contribution in [0.4, 0.5) is 11.4 Å². The molecule has 1 N–H and O–H groups in total. The maximum absolute atomic E-state index is 12.6. The summed E-state index contributed by atoms with van der Waals surface area (Å²) in [5, 5.41) is 3.01. The zero-order valence-corrected chi connectivity index (χ0v) is 17.9. The number of carbonyl (C=O) groups is 1. The van der Waals surface area contributed by atoms with Gasteiger partial charge in [0.25, 0.3) is 5.79 Å². The topological polar surface area (TPSA) is 63.3 Å². The monoisotopic (exact) mass is 423 g/mol. The van der Waals surface area contributed by atoms with E-state index in [1.54, 1.807) is 7.11 Å². The fourth-order valence-electron chi connectivity index (χ4n) is 4.66. The van der Waals surface area contributed by atoms with E-state index in [1.807, 2.05) is 30.3 Å². The molecule has 7 nitrogen and oxygen atoms in total. The van der Waals surface area contributed by atoms with Crippen LogP contribution in [0.2, 0.25) is 0 Å². The van der Waals surface area contributed by atoms with Crippen LogP contribution in [0.15, 0.2) is 42.5 Å². The van der Waals surface area contributed by atoms with Crippen LogP contribution in [0.25, 0.3) is 0 Å². The normalized spacial score (nSPS) is 19.6. The lowest BCUT2D eigenvalue weighted by atomic mass is 10.2. The van der Waals surface area contributed by atoms with Gasteiger partial charge in [0.15, 0.2) is 11.5 Å². The molecule has 1 saturated heterocycles. The molecule has 1 saturated carbocycles. The van der Waals surface area contributed by atoms with Crippen molar-refractivity contribution < 1.29 is 19.0 Å². The minimum Gasteiger partial charge on any atom is -0.497 e. The molecule has 2 aromatic rings. The second-order valence-corrected chi connectivity index (χ2v) is 8.50. The van der Waals surface area contributed by atoms with Crippen molar-refractivity contribution in [3.05, 3.63) is 42.5 Å². The van der Waals surface area contributed by atoms with Crippen molar-refractivity contribution >= 4 is 17.3 Å². The molecule has 1 aliphatic carbocycles. The third kappa shape index (κ3) is 4.28. The minimum absolute atomic E-state index is 0.00993. The summed E-state index contributed by atoms with van der Waals surface area (Å²) in [6.07, 6.45) is 4.10. The molecule has 0 aromatic heterocycles. The Morgan fingerprint density at radius 3 is 2.58 bits per heavy atom. The van der Waals surface area contributed by atoms with Crippen LogP contribution >= 0.6 is 0 Å². The summed E-state index contributed by atoms with van der Waals surface area (Å²) in [7, 11) is 1.68. The highest BCUT2D eigenvalue weighted by Gasteiger charge is 2.44. The number of rotatable bonds is 5. The Bertz CT molecular complexity index is 950. The molecule has 2 aromatic carbocycles. The van der Waals surface area contributed by atoms with E-state index in [0.717, 1.165) is 80.5 Å². The Labute approximate surface area is 182 Å². The number of hydrogen-bond acceptors (Lipinski definition) is 6. The summed E-state index contributed by atoms with van der Waals surface area (Å²) in [6.45, 7) is 3.83. The molecule has 1 spiro atoms. The van der Waals surface area contributed by atoms with Gasteiger partial charge < -0.3 is 24.4 Å². The molecule has 0 radical (unpaired) electrons. The largest absolute Gasteiger partial charge is 0.497 e. The molecule has 7 heteroatoms. The summed E-state index contributed by atoms with van der Waals surface area (Å²) in [5.74, 6) is 1.87. The summed E-state index contributed by atoms with van der Waals surface area (Å²) >= 11 is 0. The van der Waals surface area contributed by atoms with Gasteiger partial charge in [-0.25, -0.2) is 0 Å². The van der Waals surface area contributed by atoms with Crippen molar-refractivity contribution in [2.75, 3.05) is 50.1 Å². The molecule has 0 unspecified atom stereocenters. The molecule has 2 heterocycles. The van der Waals surface area contributed by atoms with Gasteiger partial charge in [0, 0.05) is 62.5 Å². The Hall–Kier alpha value is -2.93. The fourth-order valence-corrected chi connectivity index (χ4v) is 4.66. The number of fused-ring (bicyclic) bond motifs is 1. The summed E-state index contributed by atoms with van der Waals surface area (Å²) in [5.41, 5.74) is 1.90. The summed E-state index contributed by atoms with van der Waals surface area (Å²) < 4.78 is 17.5. The van der Waals surface area contributed by atoms with E-state index in [9.17, 15) is 4.79 Å². The molecule has 2 fully saturated rings. The van der Waals surface area contributed by atoms with Gasteiger partial charge in [-0.05, 0) is 37.1 Å². The number of carbonyl (C=O) groups excluding carboxylic acids is 1. The standard InChI is InChI=1S/C24H29N3O4/c1-29-20-6-4-5-19(16-20)27-13-11-26(12-14-27)17-23(28)25-18-7-8-21-22(15-18)31-24(30-21)9-2-3-10-24/h4-8,15-16H,2-3,9-14,17H2,1H3,(H,25,28). The predicted molar refractivity (Wildman–Crippen MR) is 119 cm³/mol. The molecule has 31 heavy (non-hydrogen) atoms. The van der Waals surface area contributed by atoms with Crippen LogP contribution in [0.1, 0.15) is 25.7 Å². The molecule has 5 rings (SSSR count). The molecule has 0 bridgehead atoms. The lowest BCUT2D eigenvalue weighted by Crippen LogP contribution is -2.48. The number of benzene rings is 2. The highest BCUT2D eigenvalue weighted by atomic mass is 16.7. The van der Waals surface area contributed by atoms with E-state index in [-0.39, 0.29) is 5.91 Å². The van der Waals surface area contributed by atoms with Gasteiger partial charge in [-0.2, -0.15) is 0 Å². The maximum Gasteiger partial charge on any atom is 0.251 e. The second-order valence-electron chi connectivity index (χ2n) is 8.50. The fraction of sp³-hybridized carbons (Fsp3) is 0.458. The van der Waals surface area contributed by atoms with Crippen molar-refractivity contribution in [1.82, 2.24) is 4.90 Å². The van der Waals surface area contributed by atoms with Crippen LogP contribution in [0.5, 0.6) is 17.2 Å². The third-order valence-electron chi connectivity index (χ3n) is 6.34. The number of nitrogens with one attached hydrogen (secondary N) is 1. The highest BCUT2D eigenvalue weighted by molar-refractivity contribution is 5.92. The van der Waals surface area contributed by atoms with Gasteiger partial charge in [0.2, 0.25) is 5.91 Å². The second kappa shape index (κ2) is 8.30. The first kappa shape index (κ1) is 20.0. The summed E-state index contributed by atoms with van der Waals surface area (Å²) in [4.78, 5) is 17.1. The average Bonchev–Trinajstić information content (AvgIpc) is 3.39. The van der Waals surface area contributed by atoms with Crippen molar-refractivity contribution in [3.8, 4) is 17.2 Å². The summed E-state index contributed by atoms with van der Waals surface area (Å²) in [6, 6.07) is 13.8. The Kier molecular flexibility index (Phi) is 5.36. The van der Waals surface area contributed by atoms with E-state index in [2.05, 4.69) is 27.2 Å². The van der Waals surface area contributed by atoms with E-state index in [0.29, 0.717) is 6.54 Å². The van der Waals surface area contributed by atoms with Gasteiger partial charge in [0.1, 0.15) is 5.75 Å². The van der Waals surface area contributed by atoms with Crippen LogP contribution in [-0.2, 0) is 4.79 Å². The van der Waals surface area contributed by atoms with Crippen LogP contribution in [-0.4, -0.2) is 56.4 Å². The third-order valence-corrected chi connectivity index (χ3v) is 6.34. The Balaban J connectivity index is 1.13. The van der Waals surface area contributed by atoms with Crippen molar-refractivity contribution in [1.29, 1.82) is 0 Å². The predicted octanol–water partition coefficient (Wildman–Crippen LogP) is 3.50. The van der Waals surface area contributed by atoms with Gasteiger partial charge >= 0.3 is 0 Å². The number of nitrogens with zero attached hydrogens (tertiary/aromatic N) is 2.